The topological polar surface area (TPSA) is 41.1 Å². The Bertz CT molecular complexity index is 449. The van der Waals surface area contributed by atoms with Gasteiger partial charge in [-0.15, -0.1) is 0 Å². The number of hydrogen-bond acceptors (Lipinski definition) is 1. The van der Waals surface area contributed by atoms with E-state index in [1.54, 1.807) is 0 Å². The van der Waals surface area contributed by atoms with Crippen LogP contribution in [-0.4, -0.2) is 6.03 Å². The zero-order valence-electron chi connectivity index (χ0n) is 12.3. The Balaban J connectivity index is 2.55. The molecule has 0 radical (unpaired) electrons. The first-order valence-corrected chi connectivity index (χ1v) is 6.79. The molecule has 0 spiro atoms. The van der Waals surface area contributed by atoms with Crippen molar-refractivity contribution in [3.05, 3.63) is 46.8 Å². The Labute approximate surface area is 116 Å². The smallest absolute Gasteiger partial charge is 0.312 e. The molecule has 104 valence electrons. The molecule has 19 heavy (non-hydrogen) atoms. The van der Waals surface area contributed by atoms with Crippen molar-refractivity contribution in [3.8, 4) is 0 Å². The van der Waals surface area contributed by atoms with E-state index in [-0.39, 0.29) is 6.03 Å². The third-order valence-electron chi connectivity index (χ3n) is 2.90. The Kier molecular flexibility index (Phi) is 6.13. The van der Waals surface area contributed by atoms with Gasteiger partial charge in [0.15, 0.2) is 0 Å². The van der Waals surface area contributed by atoms with Crippen molar-refractivity contribution in [2.24, 2.45) is 0 Å². The van der Waals surface area contributed by atoms with Crippen LogP contribution >= 0.6 is 0 Å². The summed E-state index contributed by atoms with van der Waals surface area (Å²) in [6, 6.07) is -0.158. The average Bonchev–Trinajstić information content (AvgIpc) is 2.37. The lowest BCUT2D eigenvalue weighted by Crippen LogP contribution is -2.34. The molecule has 0 aliphatic heterocycles. The summed E-state index contributed by atoms with van der Waals surface area (Å²) >= 11 is 0. The van der Waals surface area contributed by atoms with E-state index in [9.17, 15) is 4.79 Å². The molecule has 0 saturated carbocycles. The number of carbonyl (C=O) groups is 1. The minimum atomic E-state index is -0.158. The number of nitrogens with one attached hydrogen (secondary N) is 2. The summed E-state index contributed by atoms with van der Waals surface area (Å²) in [5.74, 6) is 0. The lowest BCUT2D eigenvalue weighted by molar-refractivity contribution is 0.245. The summed E-state index contributed by atoms with van der Waals surface area (Å²) in [5, 5.41) is 5.78. The first-order valence-electron chi connectivity index (χ1n) is 6.79. The number of hydrogen-bond donors (Lipinski definition) is 2. The zero-order chi connectivity index (χ0) is 14.3. The molecule has 0 aromatic heterocycles. The first-order chi connectivity index (χ1) is 9.01. The summed E-state index contributed by atoms with van der Waals surface area (Å²) < 4.78 is 0. The van der Waals surface area contributed by atoms with E-state index >= 15 is 0 Å². The molecule has 0 heterocycles. The van der Waals surface area contributed by atoms with Crippen LogP contribution in [0.3, 0.4) is 0 Å². The highest BCUT2D eigenvalue weighted by atomic mass is 16.2. The molecule has 0 saturated heterocycles. The molecule has 2 amide bonds. The second-order valence-electron chi connectivity index (χ2n) is 5.07. The number of rotatable bonds is 4. The van der Waals surface area contributed by atoms with Gasteiger partial charge in [-0.1, -0.05) is 30.2 Å². The van der Waals surface area contributed by atoms with Gasteiger partial charge in [0.25, 0.3) is 0 Å². The zero-order valence-corrected chi connectivity index (χ0v) is 12.3. The highest BCUT2D eigenvalue weighted by Crippen LogP contribution is 2.15. The number of carbonyl (C=O) groups excluding carboxylic acids is 1. The molecule has 2 N–H and O–H groups in total. The third kappa shape index (κ3) is 6.09. The molecule has 3 nitrogen and oxygen atoms in total. The van der Waals surface area contributed by atoms with E-state index in [0.717, 1.165) is 30.7 Å². The van der Waals surface area contributed by atoms with Crippen LogP contribution in [0.2, 0.25) is 0 Å². The van der Waals surface area contributed by atoms with E-state index in [1.807, 2.05) is 39.0 Å². The fourth-order valence-electron chi connectivity index (χ4n) is 1.68. The molecule has 0 unspecified atom stereocenters. The van der Waals surface area contributed by atoms with Crippen LogP contribution < -0.4 is 10.6 Å². The van der Waals surface area contributed by atoms with Gasteiger partial charge in [-0.2, -0.15) is 0 Å². The Hall–Kier alpha value is -1.77. The second kappa shape index (κ2) is 7.62. The second-order valence-corrected chi connectivity index (χ2v) is 5.07. The van der Waals surface area contributed by atoms with Gasteiger partial charge in [0.2, 0.25) is 0 Å². The van der Waals surface area contributed by atoms with Gasteiger partial charge in [-0.05, 0) is 52.2 Å². The van der Waals surface area contributed by atoms with Crippen molar-refractivity contribution >= 4 is 6.03 Å². The van der Waals surface area contributed by atoms with Crippen molar-refractivity contribution < 1.29 is 4.79 Å². The molecule has 0 atom stereocenters. The molecule has 0 aromatic carbocycles. The lowest BCUT2D eigenvalue weighted by atomic mass is 10.0. The molecule has 0 aromatic rings. The van der Waals surface area contributed by atoms with Crippen molar-refractivity contribution in [2.45, 2.75) is 47.0 Å². The van der Waals surface area contributed by atoms with E-state index in [4.69, 9.17) is 0 Å². The minimum absolute atomic E-state index is 0.158. The van der Waals surface area contributed by atoms with E-state index in [1.165, 1.54) is 11.1 Å². The summed E-state index contributed by atoms with van der Waals surface area (Å²) in [6.45, 7) is 8.19. The molecule has 1 aliphatic rings. The van der Waals surface area contributed by atoms with Crippen LogP contribution in [0.1, 0.15) is 47.0 Å². The summed E-state index contributed by atoms with van der Waals surface area (Å²) in [5.41, 5.74) is 4.45. The van der Waals surface area contributed by atoms with E-state index in [2.05, 4.69) is 23.6 Å². The predicted octanol–water partition coefficient (Wildman–Crippen LogP) is 4.17. The van der Waals surface area contributed by atoms with Gasteiger partial charge in [0.05, 0.1) is 0 Å². The van der Waals surface area contributed by atoms with Crippen LogP contribution in [0.25, 0.3) is 0 Å². The van der Waals surface area contributed by atoms with Gasteiger partial charge < -0.3 is 10.6 Å². The van der Waals surface area contributed by atoms with Gasteiger partial charge in [-0.3, -0.25) is 0 Å². The first kappa shape index (κ1) is 15.3. The van der Waals surface area contributed by atoms with Gasteiger partial charge in [0, 0.05) is 11.4 Å². The maximum absolute atomic E-state index is 11.9. The van der Waals surface area contributed by atoms with Gasteiger partial charge in [-0.25, -0.2) is 4.79 Å². The summed E-state index contributed by atoms with van der Waals surface area (Å²) in [6.07, 6.45) is 10.7. The van der Waals surface area contributed by atoms with Crippen molar-refractivity contribution in [1.29, 1.82) is 0 Å². The molecule has 0 bridgehead atoms. The molecular weight excluding hydrogens is 236 g/mol. The third-order valence-corrected chi connectivity index (χ3v) is 2.90. The lowest BCUT2D eigenvalue weighted by Gasteiger charge is -2.14. The molecule has 1 rings (SSSR count). The Morgan fingerprint density at radius 3 is 2.53 bits per heavy atom. The van der Waals surface area contributed by atoms with Crippen molar-refractivity contribution in [1.82, 2.24) is 10.6 Å². The molecule has 1 aliphatic carbocycles. The minimum Gasteiger partial charge on any atom is -0.312 e. The van der Waals surface area contributed by atoms with Crippen LogP contribution in [0.15, 0.2) is 46.8 Å². The predicted molar refractivity (Wildman–Crippen MR) is 80.5 cm³/mol. The quantitative estimate of drug-likeness (QED) is 0.732. The van der Waals surface area contributed by atoms with Gasteiger partial charge >= 0.3 is 6.03 Å². The van der Waals surface area contributed by atoms with Crippen molar-refractivity contribution in [2.75, 3.05) is 0 Å². The molecule has 0 fully saturated rings. The van der Waals surface area contributed by atoms with Gasteiger partial charge in [0.1, 0.15) is 0 Å². The van der Waals surface area contributed by atoms with E-state index < -0.39 is 0 Å². The number of amides is 2. The van der Waals surface area contributed by atoms with Crippen LogP contribution in [-0.2, 0) is 0 Å². The summed E-state index contributed by atoms with van der Waals surface area (Å²) in [4.78, 5) is 11.9. The monoisotopic (exact) mass is 260 g/mol. The van der Waals surface area contributed by atoms with Crippen LogP contribution in [0, 0.1) is 0 Å². The van der Waals surface area contributed by atoms with E-state index in [0.29, 0.717) is 0 Å². The summed E-state index contributed by atoms with van der Waals surface area (Å²) in [7, 11) is 0. The number of allylic oxidation sites excluding steroid dienone is 8. The normalized spacial score (nSPS) is 15.3. The fourth-order valence-corrected chi connectivity index (χ4v) is 1.68. The standard InChI is InChI=1S/C16H24N2O/c1-5-14(9-6-12(2)3)17-16(19)18-15-10-7-13(4)8-11-15/h6-7,9-10H,5,8,11H2,1-4H3,(H2,17,18,19)/b14-9+. The largest absolute Gasteiger partial charge is 0.323 e. The van der Waals surface area contributed by atoms with Crippen molar-refractivity contribution in [3.63, 3.8) is 0 Å². The SMILES string of the molecule is CC/C(=C\C=C(C)C)NC(=O)NC1=CC=C(C)CC1. The van der Waals surface area contributed by atoms with Crippen LogP contribution in [0.4, 0.5) is 4.79 Å². The highest BCUT2D eigenvalue weighted by molar-refractivity contribution is 5.77. The average molecular weight is 260 g/mol. The highest BCUT2D eigenvalue weighted by Gasteiger charge is 2.07. The maximum atomic E-state index is 11.9. The Morgan fingerprint density at radius 1 is 1.26 bits per heavy atom. The maximum Gasteiger partial charge on any atom is 0.323 e. The fraction of sp³-hybridized carbons (Fsp3) is 0.438. The molecular formula is C16H24N2O. The molecule has 3 heteroatoms. The van der Waals surface area contributed by atoms with Crippen LogP contribution in [0.5, 0.6) is 0 Å². The Morgan fingerprint density at radius 2 is 2.00 bits per heavy atom. The number of urea groups is 1.